The van der Waals surface area contributed by atoms with Crippen LogP contribution in [0.4, 0.5) is 0 Å². The molecule has 1 aromatic carbocycles. The van der Waals surface area contributed by atoms with Gasteiger partial charge < -0.3 is 5.73 Å². The lowest BCUT2D eigenvalue weighted by molar-refractivity contribution is 0.579. The van der Waals surface area contributed by atoms with Crippen LogP contribution in [0.5, 0.6) is 0 Å². The zero-order valence-corrected chi connectivity index (χ0v) is 10.0. The summed E-state index contributed by atoms with van der Waals surface area (Å²) < 4.78 is 23.9. The second-order valence-corrected chi connectivity index (χ2v) is 6.75. The maximum atomic E-state index is 12.0. The van der Waals surface area contributed by atoms with Crippen molar-refractivity contribution in [1.82, 2.24) is 0 Å². The Morgan fingerprint density at radius 2 is 1.80 bits per heavy atom. The third-order valence-corrected chi connectivity index (χ3v) is 5.57. The molecule has 1 fully saturated rings. The van der Waals surface area contributed by atoms with E-state index in [1.807, 2.05) is 0 Å². The minimum absolute atomic E-state index is 0.136. The van der Waals surface area contributed by atoms with Crippen LogP contribution >= 0.6 is 23.2 Å². The summed E-state index contributed by atoms with van der Waals surface area (Å²) in [7, 11) is -3.47. The van der Waals surface area contributed by atoms with Gasteiger partial charge in [0.15, 0.2) is 9.84 Å². The van der Waals surface area contributed by atoms with E-state index < -0.39 is 14.7 Å². The van der Waals surface area contributed by atoms with Gasteiger partial charge in [-0.15, -0.1) is 0 Å². The van der Waals surface area contributed by atoms with Gasteiger partial charge >= 0.3 is 0 Å². The molecule has 2 N–H and O–H groups in total. The fraction of sp³-hybridized carbons (Fsp3) is 0.333. The van der Waals surface area contributed by atoms with Gasteiger partial charge in [-0.3, -0.25) is 0 Å². The van der Waals surface area contributed by atoms with Crippen LogP contribution in [0.1, 0.15) is 12.8 Å². The van der Waals surface area contributed by atoms with E-state index in [1.54, 1.807) is 0 Å². The molecule has 0 saturated heterocycles. The lowest BCUT2D eigenvalue weighted by Gasteiger charge is -2.11. The third kappa shape index (κ3) is 1.76. The van der Waals surface area contributed by atoms with Crippen LogP contribution in [0.15, 0.2) is 23.1 Å². The van der Waals surface area contributed by atoms with Gasteiger partial charge in [0.2, 0.25) is 0 Å². The number of halogens is 2. The molecular formula is C9H9Cl2NO2S. The second-order valence-electron chi connectivity index (χ2n) is 3.64. The van der Waals surface area contributed by atoms with E-state index in [-0.39, 0.29) is 9.92 Å². The number of sulfone groups is 1. The molecule has 15 heavy (non-hydrogen) atoms. The number of rotatable bonds is 2. The number of hydrogen-bond acceptors (Lipinski definition) is 3. The van der Waals surface area contributed by atoms with Gasteiger partial charge in [0.25, 0.3) is 0 Å². The third-order valence-electron chi connectivity index (χ3n) is 2.48. The zero-order chi connectivity index (χ0) is 11.3. The fourth-order valence-corrected chi connectivity index (χ4v) is 3.26. The molecule has 0 heterocycles. The van der Waals surface area contributed by atoms with Crippen molar-refractivity contribution in [2.75, 3.05) is 0 Å². The summed E-state index contributed by atoms with van der Waals surface area (Å²) >= 11 is 11.5. The second kappa shape index (κ2) is 3.35. The van der Waals surface area contributed by atoms with Crippen molar-refractivity contribution >= 4 is 33.0 Å². The molecule has 6 heteroatoms. The summed E-state index contributed by atoms with van der Waals surface area (Å²) in [5, 5.41) is 0.555. The molecule has 2 rings (SSSR count). The largest absolute Gasteiger partial charge is 0.312 e. The van der Waals surface area contributed by atoms with E-state index in [1.165, 1.54) is 18.2 Å². The predicted octanol–water partition coefficient (Wildman–Crippen LogP) is 2.22. The molecule has 0 atom stereocenters. The molecule has 1 aliphatic carbocycles. The van der Waals surface area contributed by atoms with Crippen LogP contribution < -0.4 is 5.73 Å². The minimum Gasteiger partial charge on any atom is -0.312 e. The van der Waals surface area contributed by atoms with E-state index in [2.05, 4.69) is 0 Å². The maximum Gasteiger partial charge on any atom is 0.196 e. The Morgan fingerprint density at radius 3 is 2.27 bits per heavy atom. The first-order valence-electron chi connectivity index (χ1n) is 4.35. The Hall–Kier alpha value is -0.290. The molecular weight excluding hydrogens is 257 g/mol. The highest BCUT2D eigenvalue weighted by Crippen LogP contribution is 2.42. The van der Waals surface area contributed by atoms with Crippen molar-refractivity contribution in [1.29, 1.82) is 0 Å². The monoisotopic (exact) mass is 265 g/mol. The van der Waals surface area contributed by atoms with E-state index in [9.17, 15) is 8.42 Å². The minimum atomic E-state index is -3.47. The molecule has 0 aliphatic heterocycles. The Balaban J connectivity index is 2.51. The number of benzene rings is 1. The number of nitrogens with two attached hydrogens (primary N) is 1. The van der Waals surface area contributed by atoms with Gasteiger partial charge in [-0.1, -0.05) is 23.2 Å². The molecule has 82 valence electrons. The van der Waals surface area contributed by atoms with E-state index in [0.29, 0.717) is 17.9 Å². The maximum absolute atomic E-state index is 12.0. The normalized spacial score (nSPS) is 18.9. The van der Waals surface area contributed by atoms with Crippen molar-refractivity contribution in [3.05, 3.63) is 28.2 Å². The summed E-state index contributed by atoms with van der Waals surface area (Å²) in [5.74, 6) is 0. The topological polar surface area (TPSA) is 60.2 Å². The SMILES string of the molecule is NC1(S(=O)(=O)c2ccc(Cl)c(Cl)c2)CC1. The van der Waals surface area contributed by atoms with Crippen molar-refractivity contribution in [3.8, 4) is 0 Å². The Kier molecular flexibility index (Phi) is 2.50. The van der Waals surface area contributed by atoms with Crippen LogP contribution in [0.25, 0.3) is 0 Å². The van der Waals surface area contributed by atoms with Crippen molar-refractivity contribution in [3.63, 3.8) is 0 Å². The highest BCUT2D eigenvalue weighted by Gasteiger charge is 2.51. The van der Waals surface area contributed by atoms with Crippen molar-refractivity contribution < 1.29 is 8.42 Å². The molecule has 0 bridgehead atoms. The summed E-state index contributed by atoms with van der Waals surface area (Å²) in [6.07, 6.45) is 0.991. The summed E-state index contributed by atoms with van der Waals surface area (Å²) in [5.41, 5.74) is 5.68. The van der Waals surface area contributed by atoms with E-state index in [0.717, 1.165) is 0 Å². The van der Waals surface area contributed by atoms with E-state index in [4.69, 9.17) is 28.9 Å². The first kappa shape index (κ1) is 11.2. The average molecular weight is 266 g/mol. The standard InChI is InChI=1S/C9H9Cl2NO2S/c10-7-2-1-6(5-8(7)11)15(13,14)9(12)3-4-9/h1-2,5H,3-4,12H2. The van der Waals surface area contributed by atoms with Gasteiger partial charge in [0.1, 0.15) is 4.87 Å². The highest BCUT2D eigenvalue weighted by molar-refractivity contribution is 7.93. The molecule has 0 spiro atoms. The van der Waals surface area contributed by atoms with Crippen LogP contribution in [0.3, 0.4) is 0 Å². The van der Waals surface area contributed by atoms with Crippen LogP contribution in [-0.4, -0.2) is 13.3 Å². The summed E-state index contributed by atoms with van der Waals surface area (Å²) in [4.78, 5) is -0.957. The molecule has 0 amide bonds. The van der Waals surface area contributed by atoms with E-state index >= 15 is 0 Å². The van der Waals surface area contributed by atoms with Crippen molar-refractivity contribution in [2.24, 2.45) is 5.73 Å². The first-order valence-corrected chi connectivity index (χ1v) is 6.59. The van der Waals surface area contributed by atoms with Gasteiger partial charge in [-0.2, -0.15) is 0 Å². The first-order chi connectivity index (χ1) is 6.87. The predicted molar refractivity (Wildman–Crippen MR) is 59.8 cm³/mol. The highest BCUT2D eigenvalue weighted by atomic mass is 35.5. The molecule has 1 aromatic rings. The van der Waals surface area contributed by atoms with Gasteiger partial charge in [0, 0.05) is 0 Å². The summed E-state index contributed by atoms with van der Waals surface area (Å²) in [6, 6.07) is 4.23. The van der Waals surface area contributed by atoms with Crippen LogP contribution in [0.2, 0.25) is 10.0 Å². The average Bonchev–Trinajstić information content (AvgIpc) is 2.90. The lowest BCUT2D eigenvalue weighted by Crippen LogP contribution is -2.32. The molecule has 1 saturated carbocycles. The molecule has 1 aliphatic rings. The van der Waals surface area contributed by atoms with Gasteiger partial charge in [0.05, 0.1) is 14.9 Å². The molecule has 0 aromatic heterocycles. The van der Waals surface area contributed by atoms with Crippen LogP contribution in [-0.2, 0) is 9.84 Å². The lowest BCUT2D eigenvalue weighted by atomic mass is 10.4. The Bertz CT molecular complexity index is 509. The smallest absolute Gasteiger partial charge is 0.196 e. The zero-order valence-electron chi connectivity index (χ0n) is 7.70. The fourth-order valence-electron chi connectivity index (χ4n) is 1.27. The molecule has 0 unspecified atom stereocenters. The summed E-state index contributed by atoms with van der Waals surface area (Å²) in [6.45, 7) is 0. The number of hydrogen-bond donors (Lipinski definition) is 1. The Labute approximate surface area is 98.1 Å². The van der Waals surface area contributed by atoms with Gasteiger partial charge in [-0.25, -0.2) is 8.42 Å². The van der Waals surface area contributed by atoms with Gasteiger partial charge in [-0.05, 0) is 31.0 Å². The molecule has 3 nitrogen and oxygen atoms in total. The molecule has 0 radical (unpaired) electrons. The van der Waals surface area contributed by atoms with Crippen molar-refractivity contribution in [2.45, 2.75) is 22.6 Å². The van der Waals surface area contributed by atoms with Crippen LogP contribution in [0, 0.1) is 0 Å². The Morgan fingerprint density at radius 1 is 1.20 bits per heavy atom. The quantitative estimate of drug-likeness (QED) is 0.892.